The molecule has 21 heavy (non-hydrogen) atoms. The number of rotatable bonds is 5. The molecule has 7 nitrogen and oxygen atoms in total. The molecule has 1 aromatic carbocycles. The number of hydrogen-bond acceptors (Lipinski definition) is 6. The van der Waals surface area contributed by atoms with Crippen LogP contribution in [0.3, 0.4) is 0 Å². The Labute approximate surface area is 121 Å². The second kappa shape index (κ2) is 5.76. The maximum absolute atomic E-state index is 11.1. The summed E-state index contributed by atoms with van der Waals surface area (Å²) < 4.78 is 0. The summed E-state index contributed by atoms with van der Waals surface area (Å²) in [6.45, 7) is 1.47. The van der Waals surface area contributed by atoms with Gasteiger partial charge in [0.05, 0.1) is 17.1 Å². The third kappa shape index (κ3) is 3.09. The van der Waals surface area contributed by atoms with E-state index in [4.69, 9.17) is 5.73 Å². The van der Waals surface area contributed by atoms with Crippen LogP contribution in [0.2, 0.25) is 0 Å². The van der Waals surface area contributed by atoms with Gasteiger partial charge in [-0.3, -0.25) is 10.1 Å². The summed E-state index contributed by atoms with van der Waals surface area (Å²) in [5.41, 5.74) is 5.27. The Morgan fingerprint density at radius 2 is 2.00 bits per heavy atom. The van der Waals surface area contributed by atoms with Crippen molar-refractivity contribution in [2.45, 2.75) is 12.5 Å². The lowest BCUT2D eigenvalue weighted by Crippen LogP contribution is -2.36. The maximum Gasteiger partial charge on any atom is 0.311 e. The molecule has 0 bridgehead atoms. The number of pyridine rings is 1. The van der Waals surface area contributed by atoms with Crippen LogP contribution < -0.4 is 11.1 Å². The van der Waals surface area contributed by atoms with Crippen LogP contribution in [0.15, 0.2) is 42.5 Å². The van der Waals surface area contributed by atoms with Crippen molar-refractivity contribution in [3.05, 3.63) is 58.1 Å². The Morgan fingerprint density at radius 3 is 2.57 bits per heavy atom. The number of nitrogens with zero attached hydrogens (tertiary/aromatic N) is 2. The first kappa shape index (κ1) is 14.7. The minimum atomic E-state index is -0.910. The van der Waals surface area contributed by atoms with Crippen LogP contribution in [0.25, 0.3) is 0 Å². The molecule has 0 spiro atoms. The van der Waals surface area contributed by atoms with Crippen molar-refractivity contribution in [3.8, 4) is 0 Å². The zero-order valence-corrected chi connectivity index (χ0v) is 11.5. The molecule has 4 N–H and O–H groups in total. The molecule has 110 valence electrons. The standard InChI is InChI=1S/C14H16N4O3/c1-14(9-19,10-5-3-2-4-6-10)17-13-11(18(20)21)7-8-12(15)16-13/h2-8,19H,9H2,1H3,(H3,15,16,17). The van der Waals surface area contributed by atoms with E-state index in [1.807, 2.05) is 30.3 Å². The van der Waals surface area contributed by atoms with Gasteiger partial charge in [-0.25, -0.2) is 4.98 Å². The van der Waals surface area contributed by atoms with Crippen LogP contribution in [-0.2, 0) is 5.54 Å². The van der Waals surface area contributed by atoms with Gasteiger partial charge in [0, 0.05) is 6.07 Å². The molecule has 2 rings (SSSR count). The first-order valence-electron chi connectivity index (χ1n) is 6.32. The second-order valence-electron chi connectivity index (χ2n) is 4.84. The molecule has 0 aliphatic carbocycles. The summed E-state index contributed by atoms with van der Waals surface area (Å²) in [4.78, 5) is 14.5. The Balaban J connectivity index is 2.44. The molecule has 0 radical (unpaired) electrons. The average molecular weight is 288 g/mol. The van der Waals surface area contributed by atoms with E-state index in [0.29, 0.717) is 0 Å². The third-order valence-corrected chi connectivity index (χ3v) is 3.21. The topological polar surface area (TPSA) is 114 Å². The molecule has 1 heterocycles. The van der Waals surface area contributed by atoms with Crippen LogP contribution in [0.5, 0.6) is 0 Å². The maximum atomic E-state index is 11.1. The molecular weight excluding hydrogens is 272 g/mol. The largest absolute Gasteiger partial charge is 0.394 e. The first-order chi connectivity index (χ1) is 9.96. The van der Waals surface area contributed by atoms with Gasteiger partial charge in [0.2, 0.25) is 5.82 Å². The summed E-state index contributed by atoms with van der Waals surface area (Å²) in [6.07, 6.45) is 0. The molecular formula is C14H16N4O3. The van der Waals surface area contributed by atoms with E-state index in [-0.39, 0.29) is 23.9 Å². The molecule has 1 atom stereocenters. The number of nitro groups is 1. The normalized spacial score (nSPS) is 13.4. The van der Waals surface area contributed by atoms with Gasteiger partial charge < -0.3 is 16.2 Å². The highest BCUT2D eigenvalue weighted by Crippen LogP contribution is 2.30. The van der Waals surface area contributed by atoms with Crippen molar-refractivity contribution >= 4 is 17.3 Å². The zero-order valence-electron chi connectivity index (χ0n) is 11.5. The summed E-state index contributed by atoms with van der Waals surface area (Å²) in [7, 11) is 0. The van der Waals surface area contributed by atoms with Crippen molar-refractivity contribution in [1.82, 2.24) is 4.98 Å². The van der Waals surface area contributed by atoms with Gasteiger partial charge in [0.25, 0.3) is 0 Å². The van der Waals surface area contributed by atoms with Crippen molar-refractivity contribution in [2.75, 3.05) is 17.7 Å². The molecule has 1 unspecified atom stereocenters. The van der Waals surface area contributed by atoms with Gasteiger partial charge in [0.15, 0.2) is 0 Å². The summed E-state index contributed by atoms with van der Waals surface area (Å²) >= 11 is 0. The lowest BCUT2D eigenvalue weighted by atomic mass is 9.93. The number of hydrogen-bond donors (Lipinski definition) is 3. The Kier molecular flexibility index (Phi) is 4.04. The highest BCUT2D eigenvalue weighted by atomic mass is 16.6. The monoisotopic (exact) mass is 288 g/mol. The number of benzene rings is 1. The minimum absolute atomic E-state index is 0.0282. The van der Waals surface area contributed by atoms with E-state index < -0.39 is 10.5 Å². The molecule has 0 aliphatic rings. The SMILES string of the molecule is CC(CO)(Nc1nc(N)ccc1[N+](=O)[O-])c1ccccc1. The fourth-order valence-corrected chi connectivity index (χ4v) is 1.98. The van der Waals surface area contributed by atoms with Gasteiger partial charge >= 0.3 is 5.69 Å². The Morgan fingerprint density at radius 1 is 1.33 bits per heavy atom. The average Bonchev–Trinajstić information content (AvgIpc) is 2.47. The second-order valence-corrected chi connectivity index (χ2v) is 4.84. The molecule has 0 saturated carbocycles. The van der Waals surface area contributed by atoms with E-state index in [0.717, 1.165) is 5.56 Å². The Hall–Kier alpha value is -2.67. The fraction of sp³-hybridized carbons (Fsp3) is 0.214. The van der Waals surface area contributed by atoms with Crippen molar-refractivity contribution in [3.63, 3.8) is 0 Å². The van der Waals surface area contributed by atoms with Gasteiger partial charge in [-0.05, 0) is 18.6 Å². The predicted octanol–water partition coefficient (Wildman–Crippen LogP) is 1.89. The van der Waals surface area contributed by atoms with Crippen molar-refractivity contribution in [2.24, 2.45) is 0 Å². The fourth-order valence-electron chi connectivity index (χ4n) is 1.98. The molecule has 0 fully saturated rings. The number of aromatic nitrogens is 1. The Bertz CT molecular complexity index is 648. The summed E-state index contributed by atoms with van der Waals surface area (Å²) in [5.74, 6) is 0.192. The van der Waals surface area contributed by atoms with E-state index in [2.05, 4.69) is 10.3 Å². The molecule has 0 saturated heterocycles. The van der Waals surface area contributed by atoms with E-state index in [9.17, 15) is 15.2 Å². The van der Waals surface area contributed by atoms with E-state index >= 15 is 0 Å². The zero-order chi connectivity index (χ0) is 15.5. The number of nitrogen functional groups attached to an aromatic ring is 1. The minimum Gasteiger partial charge on any atom is -0.394 e. The van der Waals surface area contributed by atoms with Crippen LogP contribution in [0.1, 0.15) is 12.5 Å². The molecule has 0 amide bonds. The number of nitrogens with two attached hydrogens (primary N) is 1. The van der Waals surface area contributed by atoms with Crippen molar-refractivity contribution < 1.29 is 10.0 Å². The lowest BCUT2D eigenvalue weighted by molar-refractivity contribution is -0.384. The van der Waals surface area contributed by atoms with Crippen LogP contribution >= 0.6 is 0 Å². The predicted molar refractivity (Wildman–Crippen MR) is 79.8 cm³/mol. The quantitative estimate of drug-likeness (QED) is 0.571. The van der Waals surface area contributed by atoms with Crippen LogP contribution in [0.4, 0.5) is 17.3 Å². The highest BCUT2D eigenvalue weighted by molar-refractivity contribution is 5.61. The van der Waals surface area contributed by atoms with Crippen molar-refractivity contribution in [1.29, 1.82) is 0 Å². The van der Waals surface area contributed by atoms with Gasteiger partial charge in [-0.1, -0.05) is 30.3 Å². The first-order valence-corrected chi connectivity index (χ1v) is 6.32. The van der Waals surface area contributed by atoms with E-state index in [1.165, 1.54) is 12.1 Å². The number of nitrogens with one attached hydrogen (secondary N) is 1. The smallest absolute Gasteiger partial charge is 0.311 e. The molecule has 1 aromatic heterocycles. The molecule has 0 aliphatic heterocycles. The number of aliphatic hydroxyl groups is 1. The summed E-state index contributed by atoms with van der Waals surface area (Å²) in [5, 5.41) is 23.7. The van der Waals surface area contributed by atoms with Gasteiger partial charge in [0.1, 0.15) is 5.82 Å². The number of aliphatic hydroxyl groups excluding tert-OH is 1. The van der Waals surface area contributed by atoms with Gasteiger partial charge in [-0.2, -0.15) is 0 Å². The number of anilines is 2. The molecule has 7 heteroatoms. The summed E-state index contributed by atoms with van der Waals surface area (Å²) in [6, 6.07) is 11.8. The van der Waals surface area contributed by atoms with Gasteiger partial charge in [-0.15, -0.1) is 0 Å². The van der Waals surface area contributed by atoms with Crippen LogP contribution in [0, 0.1) is 10.1 Å². The highest BCUT2D eigenvalue weighted by Gasteiger charge is 2.29. The third-order valence-electron chi connectivity index (χ3n) is 3.21. The van der Waals surface area contributed by atoms with Crippen LogP contribution in [-0.4, -0.2) is 21.6 Å². The lowest BCUT2D eigenvalue weighted by Gasteiger charge is -2.29. The van der Waals surface area contributed by atoms with E-state index in [1.54, 1.807) is 6.92 Å². The molecule has 2 aromatic rings.